The molecule has 0 fully saturated rings. The van der Waals surface area contributed by atoms with Crippen LogP contribution in [0.1, 0.15) is 5.56 Å². The maximum atomic E-state index is 12.6. The van der Waals surface area contributed by atoms with E-state index in [0.29, 0.717) is 15.7 Å². The van der Waals surface area contributed by atoms with Crippen LogP contribution < -0.4 is 5.73 Å². The molecule has 3 rings (SSSR count). The fourth-order valence-corrected chi connectivity index (χ4v) is 3.14. The second kappa shape index (κ2) is 4.60. The van der Waals surface area contributed by atoms with Gasteiger partial charge in [-0.2, -0.15) is 4.98 Å². The fourth-order valence-electron chi connectivity index (χ4n) is 1.95. The van der Waals surface area contributed by atoms with Gasteiger partial charge in [-0.25, -0.2) is 0 Å². The summed E-state index contributed by atoms with van der Waals surface area (Å²) in [7, 11) is 0. The molecule has 96 valence electrons. The minimum atomic E-state index is -1.35. The van der Waals surface area contributed by atoms with Gasteiger partial charge in [-0.05, 0) is 31.2 Å². The third kappa shape index (κ3) is 2.07. The number of nitrogens with zero attached hydrogens (tertiary/aromatic N) is 1. The van der Waals surface area contributed by atoms with E-state index in [1.54, 1.807) is 12.1 Å². The van der Waals surface area contributed by atoms with Crippen LogP contribution in [0.2, 0.25) is 0 Å². The predicted molar refractivity (Wildman–Crippen MR) is 76.4 cm³/mol. The zero-order chi connectivity index (χ0) is 13.4. The highest BCUT2D eigenvalue weighted by atomic mass is 32.2. The van der Waals surface area contributed by atoms with Crippen LogP contribution in [0.5, 0.6) is 0 Å². The topological polar surface area (TPSA) is 77.8 Å². The van der Waals surface area contributed by atoms with Crippen LogP contribution in [0, 0.1) is 6.92 Å². The molecule has 0 amide bonds. The van der Waals surface area contributed by atoms with Crippen LogP contribution in [0.15, 0.2) is 52.5 Å². The van der Waals surface area contributed by atoms with E-state index in [9.17, 15) is 4.55 Å². The molecule has 1 heterocycles. The van der Waals surface area contributed by atoms with E-state index in [2.05, 4.69) is 9.97 Å². The number of benzene rings is 2. The van der Waals surface area contributed by atoms with E-state index in [0.717, 1.165) is 16.6 Å². The van der Waals surface area contributed by atoms with E-state index < -0.39 is 11.2 Å². The lowest BCUT2D eigenvalue weighted by atomic mass is 10.2. The van der Waals surface area contributed by atoms with Gasteiger partial charge in [0, 0.05) is 11.3 Å². The molecule has 1 atom stereocenters. The van der Waals surface area contributed by atoms with Crippen LogP contribution >= 0.6 is 0 Å². The van der Waals surface area contributed by atoms with Gasteiger partial charge in [0.1, 0.15) is 0 Å². The Morgan fingerprint density at radius 2 is 1.95 bits per heavy atom. The Kier molecular flexibility index (Phi) is 2.93. The molecule has 1 aromatic heterocycles. The molecule has 3 N–H and O–H groups in total. The van der Waals surface area contributed by atoms with Crippen molar-refractivity contribution in [3.63, 3.8) is 0 Å². The van der Waals surface area contributed by atoms with Gasteiger partial charge >= 0.3 is 5.16 Å². The number of para-hydroxylation sites is 2. The minimum Gasteiger partial charge on any atom is -0.604 e. The van der Waals surface area contributed by atoms with Crippen LogP contribution in [0.3, 0.4) is 0 Å². The van der Waals surface area contributed by atoms with Gasteiger partial charge in [-0.3, -0.25) is 4.98 Å². The van der Waals surface area contributed by atoms with Gasteiger partial charge in [-0.1, -0.05) is 18.2 Å². The molecule has 0 spiro atoms. The molecular formula is C14H13N3OS. The number of fused-ring (bicyclic) bond motifs is 1. The molecule has 1 unspecified atom stereocenters. The summed E-state index contributed by atoms with van der Waals surface area (Å²) in [6, 6.07) is 13.0. The summed E-state index contributed by atoms with van der Waals surface area (Å²) in [5, 5.41) is 0.454. The lowest BCUT2D eigenvalue weighted by Crippen LogP contribution is -2.07. The number of nitrogen functional groups attached to an aromatic ring is 1. The maximum absolute atomic E-state index is 12.6. The van der Waals surface area contributed by atoms with Crippen molar-refractivity contribution in [1.82, 2.24) is 9.97 Å². The zero-order valence-electron chi connectivity index (χ0n) is 10.4. The quantitative estimate of drug-likeness (QED) is 0.555. The number of imidazole rings is 1. The summed E-state index contributed by atoms with van der Waals surface area (Å²) in [6.45, 7) is 1.87. The molecule has 0 radical (unpaired) electrons. The Labute approximate surface area is 113 Å². The molecule has 4 nitrogen and oxygen atoms in total. The third-order valence-corrected chi connectivity index (χ3v) is 4.46. The SMILES string of the molecule is Cc1c(N)cccc1[S+]([O-])c1nc2ccccc2[nH]1. The number of H-pyrrole nitrogens is 1. The molecule has 0 aliphatic carbocycles. The number of hydrogen-bond acceptors (Lipinski definition) is 3. The molecule has 5 heteroatoms. The lowest BCUT2D eigenvalue weighted by Gasteiger charge is -2.10. The summed E-state index contributed by atoms with van der Waals surface area (Å²) in [4.78, 5) is 8.15. The maximum Gasteiger partial charge on any atom is 0.327 e. The number of nitrogens with two attached hydrogens (primary N) is 1. The van der Waals surface area contributed by atoms with Gasteiger partial charge in [0.25, 0.3) is 0 Å². The van der Waals surface area contributed by atoms with E-state index in [-0.39, 0.29) is 0 Å². The molecule has 0 aliphatic heterocycles. The zero-order valence-corrected chi connectivity index (χ0v) is 11.2. The third-order valence-electron chi connectivity index (χ3n) is 3.07. The largest absolute Gasteiger partial charge is 0.604 e. The van der Waals surface area contributed by atoms with E-state index >= 15 is 0 Å². The first kappa shape index (κ1) is 12.1. The van der Waals surface area contributed by atoms with Gasteiger partial charge in [0.15, 0.2) is 4.90 Å². The van der Waals surface area contributed by atoms with Gasteiger partial charge < -0.3 is 10.3 Å². The summed E-state index contributed by atoms with van der Waals surface area (Å²) < 4.78 is 12.6. The number of anilines is 1. The molecule has 0 aliphatic rings. The molecule has 0 saturated heterocycles. The summed E-state index contributed by atoms with van der Waals surface area (Å²) in [6.07, 6.45) is 0. The van der Waals surface area contributed by atoms with Gasteiger partial charge in [0.05, 0.1) is 22.2 Å². The van der Waals surface area contributed by atoms with Crippen molar-refractivity contribution in [2.45, 2.75) is 17.0 Å². The summed E-state index contributed by atoms with van der Waals surface area (Å²) in [5.74, 6) is 0. The van der Waals surface area contributed by atoms with E-state index in [1.807, 2.05) is 37.3 Å². The normalized spacial score (nSPS) is 12.7. The Bertz CT molecular complexity index is 705. The van der Waals surface area contributed by atoms with Crippen LogP contribution in [-0.4, -0.2) is 14.5 Å². The predicted octanol–water partition coefficient (Wildman–Crippen LogP) is 2.62. The Balaban J connectivity index is 2.08. The minimum absolute atomic E-state index is 0.454. The number of hydrogen-bond donors (Lipinski definition) is 2. The molecule has 2 aromatic carbocycles. The highest BCUT2D eigenvalue weighted by molar-refractivity contribution is 7.91. The highest BCUT2D eigenvalue weighted by Crippen LogP contribution is 2.26. The van der Waals surface area contributed by atoms with E-state index in [1.165, 1.54) is 0 Å². The first-order valence-corrected chi connectivity index (χ1v) is 7.03. The average molecular weight is 271 g/mol. The smallest absolute Gasteiger partial charge is 0.327 e. The number of rotatable bonds is 2. The van der Waals surface area contributed by atoms with Crippen molar-refractivity contribution in [1.29, 1.82) is 0 Å². The van der Waals surface area contributed by atoms with Crippen LogP contribution in [0.25, 0.3) is 11.0 Å². The molecule has 3 aromatic rings. The Hall–Kier alpha value is -1.98. The highest BCUT2D eigenvalue weighted by Gasteiger charge is 2.22. The van der Waals surface area contributed by atoms with Crippen molar-refractivity contribution in [3.05, 3.63) is 48.0 Å². The first-order valence-electron chi connectivity index (χ1n) is 5.88. The van der Waals surface area contributed by atoms with Crippen molar-refractivity contribution < 1.29 is 4.55 Å². The summed E-state index contributed by atoms with van der Waals surface area (Å²) >= 11 is -1.35. The number of aromatic nitrogens is 2. The fraction of sp³-hybridized carbons (Fsp3) is 0.0714. The molecular weight excluding hydrogens is 258 g/mol. The average Bonchev–Trinajstić information content (AvgIpc) is 2.85. The molecule has 19 heavy (non-hydrogen) atoms. The number of aromatic amines is 1. The van der Waals surface area contributed by atoms with Gasteiger partial charge in [-0.15, -0.1) is 0 Å². The molecule has 0 bridgehead atoms. The monoisotopic (exact) mass is 271 g/mol. The van der Waals surface area contributed by atoms with Crippen molar-refractivity contribution >= 4 is 27.9 Å². The van der Waals surface area contributed by atoms with Crippen LogP contribution in [-0.2, 0) is 11.2 Å². The summed E-state index contributed by atoms with van der Waals surface area (Å²) in [5.41, 5.74) is 9.02. The first-order chi connectivity index (χ1) is 9.16. The number of nitrogens with one attached hydrogen (secondary N) is 1. The lowest BCUT2D eigenvalue weighted by molar-refractivity contribution is 0.588. The second-order valence-electron chi connectivity index (χ2n) is 4.30. The van der Waals surface area contributed by atoms with E-state index in [4.69, 9.17) is 5.73 Å². The van der Waals surface area contributed by atoms with Crippen molar-refractivity contribution in [2.75, 3.05) is 5.73 Å². The van der Waals surface area contributed by atoms with Gasteiger partial charge in [0.2, 0.25) is 0 Å². The molecule has 0 saturated carbocycles. The van der Waals surface area contributed by atoms with Crippen molar-refractivity contribution in [2.24, 2.45) is 0 Å². The second-order valence-corrected chi connectivity index (χ2v) is 5.66. The van der Waals surface area contributed by atoms with Crippen molar-refractivity contribution in [3.8, 4) is 0 Å². The Morgan fingerprint density at radius 1 is 1.16 bits per heavy atom. The Morgan fingerprint density at radius 3 is 2.74 bits per heavy atom. The van der Waals surface area contributed by atoms with Crippen LogP contribution in [0.4, 0.5) is 5.69 Å². The standard InChI is InChI=1S/C14H13N3OS/c1-9-10(15)5-4-8-13(9)19(18)14-16-11-6-2-3-7-12(11)17-14/h2-8H,15H2,1H3,(H,16,17).